The second-order valence-corrected chi connectivity index (χ2v) is 5.11. The second kappa shape index (κ2) is 6.27. The van der Waals surface area contributed by atoms with Crippen LogP contribution in [0, 0.1) is 0 Å². The maximum atomic E-state index is 11.9. The number of hydrogen-bond donors (Lipinski definition) is 1. The van der Waals surface area contributed by atoms with Gasteiger partial charge in [0.25, 0.3) is 0 Å². The highest BCUT2D eigenvalue weighted by Gasteiger charge is 2.09. The molecule has 0 radical (unpaired) electrons. The van der Waals surface area contributed by atoms with E-state index < -0.39 is 0 Å². The van der Waals surface area contributed by atoms with E-state index in [4.69, 9.17) is 4.74 Å². The smallest absolute Gasteiger partial charge is 0.339 e. The van der Waals surface area contributed by atoms with Crippen LogP contribution in [0.25, 0.3) is 10.2 Å². The first kappa shape index (κ1) is 13.4. The van der Waals surface area contributed by atoms with Crippen LogP contribution in [-0.2, 0) is 4.74 Å². The van der Waals surface area contributed by atoms with Crippen LogP contribution in [0.1, 0.15) is 10.4 Å². The lowest BCUT2D eigenvalue weighted by Crippen LogP contribution is -2.15. The monoisotopic (exact) mass is 300 g/mol. The Hall–Kier alpha value is -2.54. The zero-order chi connectivity index (χ0) is 14.5. The molecule has 0 unspecified atom stereocenters. The SMILES string of the molecule is O=C(OCCNc1ncccn1)c1cnc2ccsc2c1. The summed E-state index contributed by atoms with van der Waals surface area (Å²) in [6.45, 7) is 0.685. The number of rotatable bonds is 5. The summed E-state index contributed by atoms with van der Waals surface area (Å²) >= 11 is 1.55. The van der Waals surface area contributed by atoms with E-state index in [0.717, 1.165) is 10.2 Å². The van der Waals surface area contributed by atoms with Gasteiger partial charge in [-0.1, -0.05) is 0 Å². The van der Waals surface area contributed by atoms with E-state index in [0.29, 0.717) is 18.1 Å². The van der Waals surface area contributed by atoms with Crippen molar-refractivity contribution in [1.82, 2.24) is 15.0 Å². The lowest BCUT2D eigenvalue weighted by Gasteiger charge is -2.06. The Kier molecular flexibility index (Phi) is 4.02. The van der Waals surface area contributed by atoms with Crippen LogP contribution >= 0.6 is 11.3 Å². The Morgan fingerprint density at radius 1 is 1.29 bits per heavy atom. The summed E-state index contributed by atoms with van der Waals surface area (Å²) in [5.74, 6) is 0.129. The molecule has 0 aliphatic carbocycles. The molecule has 3 heterocycles. The predicted octanol–water partition coefficient (Wildman–Crippen LogP) is 2.36. The van der Waals surface area contributed by atoms with E-state index in [2.05, 4.69) is 20.3 Å². The minimum absolute atomic E-state index is 0.236. The molecule has 0 aliphatic heterocycles. The van der Waals surface area contributed by atoms with Crippen LogP contribution in [0.2, 0.25) is 0 Å². The quantitative estimate of drug-likeness (QED) is 0.576. The molecule has 3 rings (SSSR count). The number of esters is 1. The van der Waals surface area contributed by atoms with Gasteiger partial charge in [0.1, 0.15) is 6.61 Å². The number of aromatic nitrogens is 3. The van der Waals surface area contributed by atoms with E-state index in [1.165, 1.54) is 6.20 Å². The zero-order valence-electron chi connectivity index (χ0n) is 11.0. The van der Waals surface area contributed by atoms with Crippen molar-refractivity contribution < 1.29 is 9.53 Å². The molecule has 21 heavy (non-hydrogen) atoms. The summed E-state index contributed by atoms with van der Waals surface area (Å²) in [6, 6.07) is 5.45. The number of fused-ring (bicyclic) bond motifs is 1. The largest absolute Gasteiger partial charge is 0.460 e. The number of ether oxygens (including phenoxy) is 1. The summed E-state index contributed by atoms with van der Waals surface area (Å²) in [5.41, 5.74) is 1.35. The topological polar surface area (TPSA) is 77.0 Å². The number of carbonyl (C=O) groups excluding carboxylic acids is 1. The van der Waals surface area contributed by atoms with Crippen molar-refractivity contribution in [3.8, 4) is 0 Å². The highest BCUT2D eigenvalue weighted by Crippen LogP contribution is 2.19. The Labute approximate surface area is 124 Å². The molecule has 106 valence electrons. The van der Waals surface area contributed by atoms with Gasteiger partial charge in [0, 0.05) is 18.6 Å². The molecule has 0 bridgehead atoms. The second-order valence-electron chi connectivity index (χ2n) is 4.16. The molecule has 0 fully saturated rings. The third kappa shape index (κ3) is 3.32. The molecule has 1 N–H and O–H groups in total. The standard InChI is InChI=1S/C14H12N4O2S/c19-13(10-8-12-11(18-9-10)2-7-21-12)20-6-5-17-14-15-3-1-4-16-14/h1-4,7-9H,5-6H2,(H,15,16,17). The molecule has 0 saturated heterocycles. The van der Waals surface area contributed by atoms with Gasteiger partial charge in [-0.3, -0.25) is 4.98 Å². The van der Waals surface area contributed by atoms with Gasteiger partial charge in [-0.05, 0) is 23.6 Å². The number of nitrogens with one attached hydrogen (secondary N) is 1. The molecule has 0 amide bonds. The van der Waals surface area contributed by atoms with E-state index in [9.17, 15) is 4.79 Å². The Morgan fingerprint density at radius 2 is 2.14 bits per heavy atom. The molecular weight excluding hydrogens is 288 g/mol. The number of carbonyl (C=O) groups is 1. The number of anilines is 1. The third-order valence-corrected chi connectivity index (χ3v) is 3.58. The minimum Gasteiger partial charge on any atom is -0.460 e. The van der Waals surface area contributed by atoms with Gasteiger partial charge in [-0.15, -0.1) is 11.3 Å². The van der Waals surface area contributed by atoms with Gasteiger partial charge < -0.3 is 10.1 Å². The van der Waals surface area contributed by atoms with Gasteiger partial charge in [-0.2, -0.15) is 0 Å². The first-order valence-electron chi connectivity index (χ1n) is 6.34. The third-order valence-electron chi connectivity index (χ3n) is 2.72. The van der Waals surface area contributed by atoms with Crippen LogP contribution in [0.3, 0.4) is 0 Å². The van der Waals surface area contributed by atoms with E-state index in [-0.39, 0.29) is 12.6 Å². The summed E-state index contributed by atoms with van der Waals surface area (Å²) in [5, 5.41) is 4.90. The van der Waals surface area contributed by atoms with Crippen LogP contribution in [0.5, 0.6) is 0 Å². The van der Waals surface area contributed by atoms with Gasteiger partial charge in [0.15, 0.2) is 0 Å². The van der Waals surface area contributed by atoms with Crippen LogP contribution in [0.4, 0.5) is 5.95 Å². The highest BCUT2D eigenvalue weighted by molar-refractivity contribution is 7.17. The highest BCUT2D eigenvalue weighted by atomic mass is 32.1. The number of nitrogens with zero attached hydrogens (tertiary/aromatic N) is 3. The fraction of sp³-hybridized carbons (Fsp3) is 0.143. The summed E-state index contributed by atoms with van der Waals surface area (Å²) < 4.78 is 6.16. The lowest BCUT2D eigenvalue weighted by atomic mass is 10.3. The molecule has 3 aromatic rings. The molecule has 0 spiro atoms. The van der Waals surface area contributed by atoms with Gasteiger partial charge in [0.2, 0.25) is 5.95 Å². The normalized spacial score (nSPS) is 10.5. The number of hydrogen-bond acceptors (Lipinski definition) is 7. The molecule has 0 saturated carbocycles. The first-order chi connectivity index (χ1) is 10.3. The van der Waals surface area contributed by atoms with Crippen molar-refractivity contribution >= 4 is 33.5 Å². The predicted molar refractivity (Wildman–Crippen MR) is 80.4 cm³/mol. The Balaban J connectivity index is 1.52. The van der Waals surface area contributed by atoms with Gasteiger partial charge >= 0.3 is 5.97 Å². The van der Waals surface area contributed by atoms with Crippen molar-refractivity contribution in [1.29, 1.82) is 0 Å². The van der Waals surface area contributed by atoms with Crippen molar-refractivity contribution in [2.45, 2.75) is 0 Å². The van der Waals surface area contributed by atoms with Gasteiger partial charge in [-0.25, -0.2) is 14.8 Å². The molecule has 3 aromatic heterocycles. The van der Waals surface area contributed by atoms with Gasteiger partial charge in [0.05, 0.1) is 22.3 Å². The molecule has 0 aliphatic rings. The van der Waals surface area contributed by atoms with Crippen LogP contribution in [0.15, 0.2) is 42.2 Å². The average molecular weight is 300 g/mol. The van der Waals surface area contributed by atoms with Crippen LogP contribution < -0.4 is 5.32 Å². The van der Waals surface area contributed by atoms with Crippen molar-refractivity contribution in [3.05, 3.63) is 47.7 Å². The van der Waals surface area contributed by atoms with Crippen LogP contribution in [-0.4, -0.2) is 34.1 Å². The summed E-state index contributed by atoms with van der Waals surface area (Å²) in [4.78, 5) is 24.1. The van der Waals surface area contributed by atoms with E-state index >= 15 is 0 Å². The number of pyridine rings is 1. The molecule has 0 atom stereocenters. The Morgan fingerprint density at radius 3 is 3.00 bits per heavy atom. The van der Waals surface area contributed by atoms with Crippen molar-refractivity contribution in [3.63, 3.8) is 0 Å². The molecule has 6 nitrogen and oxygen atoms in total. The number of thiophene rings is 1. The maximum Gasteiger partial charge on any atom is 0.339 e. The zero-order valence-corrected chi connectivity index (χ0v) is 11.8. The van der Waals surface area contributed by atoms with E-state index in [1.807, 2.05) is 11.4 Å². The first-order valence-corrected chi connectivity index (χ1v) is 7.22. The maximum absolute atomic E-state index is 11.9. The molecule has 0 aromatic carbocycles. The fourth-order valence-corrected chi connectivity index (χ4v) is 2.52. The summed E-state index contributed by atoms with van der Waals surface area (Å²) in [7, 11) is 0. The molecular formula is C14H12N4O2S. The van der Waals surface area contributed by atoms with Crippen molar-refractivity contribution in [2.75, 3.05) is 18.5 Å². The van der Waals surface area contributed by atoms with E-state index in [1.54, 1.807) is 35.9 Å². The van der Waals surface area contributed by atoms with Crippen molar-refractivity contribution in [2.24, 2.45) is 0 Å². The summed E-state index contributed by atoms with van der Waals surface area (Å²) in [6.07, 6.45) is 4.82. The average Bonchev–Trinajstić information content (AvgIpc) is 3.00. The molecule has 7 heteroatoms. The Bertz CT molecular complexity index is 745. The fourth-order valence-electron chi connectivity index (χ4n) is 1.74. The minimum atomic E-state index is -0.381. The lowest BCUT2D eigenvalue weighted by molar-refractivity contribution is 0.0520.